The summed E-state index contributed by atoms with van der Waals surface area (Å²) in [7, 11) is 0. The van der Waals surface area contributed by atoms with Gasteiger partial charge >= 0.3 is 12.1 Å². The topological polar surface area (TPSA) is 64.4 Å². The molecule has 3 aromatic carbocycles. The van der Waals surface area contributed by atoms with Gasteiger partial charge in [-0.1, -0.05) is 12.1 Å². The van der Waals surface area contributed by atoms with Crippen LogP contribution in [0.1, 0.15) is 16.7 Å². The first kappa shape index (κ1) is 22.7. The zero-order chi connectivity index (χ0) is 23.6. The molecule has 170 valence electrons. The number of carboxylic acid groups (broad SMARTS) is 1. The van der Waals surface area contributed by atoms with Crippen molar-refractivity contribution in [2.45, 2.75) is 23.7 Å². The second kappa shape index (κ2) is 9.19. The molecule has 4 rings (SSSR count). The van der Waals surface area contributed by atoms with Crippen LogP contribution in [-0.2, 0) is 16.7 Å². The highest BCUT2D eigenvalue weighted by Crippen LogP contribution is 2.31. The van der Waals surface area contributed by atoms with Gasteiger partial charge in [-0.2, -0.15) is 18.3 Å². The summed E-state index contributed by atoms with van der Waals surface area (Å²) in [5, 5.41) is 14.1. The van der Waals surface area contributed by atoms with Gasteiger partial charge in [-0.3, -0.25) is 0 Å². The minimum atomic E-state index is -4.37. The minimum absolute atomic E-state index is 0.382. The number of nitrogens with zero attached hydrogens (tertiary/aromatic N) is 2. The fraction of sp³-hybridized carbons (Fsp3) is 0.167. The van der Waals surface area contributed by atoms with E-state index in [9.17, 15) is 18.0 Å². The van der Waals surface area contributed by atoms with Crippen LogP contribution in [0.2, 0.25) is 0 Å². The maximum Gasteiger partial charge on any atom is 0.416 e. The summed E-state index contributed by atoms with van der Waals surface area (Å²) < 4.78 is 45.2. The van der Waals surface area contributed by atoms with Gasteiger partial charge in [0.2, 0.25) is 0 Å². The average Bonchev–Trinajstić information content (AvgIpc) is 3.20. The van der Waals surface area contributed by atoms with Crippen molar-refractivity contribution in [2.24, 2.45) is 0 Å². The molecule has 0 fully saturated rings. The largest absolute Gasteiger partial charge is 0.482 e. The molecule has 0 amide bonds. The summed E-state index contributed by atoms with van der Waals surface area (Å²) in [6.45, 7) is 1.48. The van der Waals surface area contributed by atoms with Crippen LogP contribution in [-0.4, -0.2) is 27.5 Å². The zero-order valence-electron chi connectivity index (χ0n) is 17.5. The van der Waals surface area contributed by atoms with Crippen LogP contribution in [0.4, 0.5) is 13.2 Å². The van der Waals surface area contributed by atoms with Crippen LogP contribution in [0.25, 0.3) is 16.6 Å². The highest BCUT2D eigenvalue weighted by molar-refractivity contribution is 7.98. The van der Waals surface area contributed by atoms with Crippen molar-refractivity contribution in [1.29, 1.82) is 0 Å². The molecule has 0 saturated carbocycles. The maximum atomic E-state index is 12.8. The molecule has 0 aliphatic rings. The molecular weight excluding hydrogens is 453 g/mol. The van der Waals surface area contributed by atoms with E-state index in [0.29, 0.717) is 17.2 Å². The number of halogens is 3. The molecule has 1 N–H and O–H groups in total. The third-order valence-electron chi connectivity index (χ3n) is 4.93. The number of carbonyl (C=O) groups is 1. The Hall–Kier alpha value is -3.46. The summed E-state index contributed by atoms with van der Waals surface area (Å²) >= 11 is 1.62. The number of thioether (sulfide) groups is 1. The second-order valence-corrected chi connectivity index (χ2v) is 8.46. The number of benzene rings is 3. The normalized spacial score (nSPS) is 11.6. The first-order valence-electron chi connectivity index (χ1n) is 9.93. The van der Waals surface area contributed by atoms with E-state index in [4.69, 9.17) is 9.84 Å². The Bertz CT molecular complexity index is 1300. The van der Waals surface area contributed by atoms with Gasteiger partial charge in [0, 0.05) is 22.2 Å². The van der Waals surface area contributed by atoms with Crippen LogP contribution >= 0.6 is 11.8 Å². The predicted octanol–water partition coefficient (Wildman–Crippen LogP) is 6.11. The Labute approximate surface area is 191 Å². The molecule has 1 heterocycles. The Morgan fingerprint density at radius 2 is 1.85 bits per heavy atom. The molecular formula is C24H19F3N2O3S. The van der Waals surface area contributed by atoms with E-state index >= 15 is 0 Å². The fourth-order valence-corrected chi connectivity index (χ4v) is 4.20. The quantitative estimate of drug-likeness (QED) is 0.329. The number of fused-ring (bicyclic) bond motifs is 1. The van der Waals surface area contributed by atoms with Crippen molar-refractivity contribution in [3.63, 3.8) is 0 Å². The summed E-state index contributed by atoms with van der Waals surface area (Å²) in [5.74, 6) is 0.207. The van der Waals surface area contributed by atoms with E-state index < -0.39 is 17.7 Å². The standard InChI is InChI=1S/C24H19F3N2O3S/c1-15-10-20(8-9-22(15)32-13-23(30)31)33-14-16-2-3-17-12-29(28-21(17)11-16)19-6-4-18(5-7-19)24(25,26)27/h2-12H,13-14H2,1H3,(H,30,31). The van der Waals surface area contributed by atoms with Crippen LogP contribution < -0.4 is 4.74 Å². The van der Waals surface area contributed by atoms with Crippen molar-refractivity contribution in [1.82, 2.24) is 9.78 Å². The van der Waals surface area contributed by atoms with Crippen LogP contribution in [0.15, 0.2) is 71.8 Å². The number of hydrogen-bond acceptors (Lipinski definition) is 4. The number of alkyl halides is 3. The molecule has 4 aromatic rings. The zero-order valence-corrected chi connectivity index (χ0v) is 18.3. The lowest BCUT2D eigenvalue weighted by Crippen LogP contribution is -2.09. The molecule has 0 atom stereocenters. The highest BCUT2D eigenvalue weighted by atomic mass is 32.2. The maximum absolute atomic E-state index is 12.8. The van der Waals surface area contributed by atoms with E-state index in [-0.39, 0.29) is 6.61 Å². The average molecular weight is 472 g/mol. The Morgan fingerprint density at radius 3 is 2.52 bits per heavy atom. The summed E-state index contributed by atoms with van der Waals surface area (Å²) in [6.07, 6.45) is -2.58. The first-order valence-corrected chi connectivity index (χ1v) is 10.9. The van der Waals surface area contributed by atoms with Crippen LogP contribution in [0.5, 0.6) is 5.75 Å². The summed E-state index contributed by atoms with van der Waals surface area (Å²) in [6, 6.07) is 16.4. The molecule has 33 heavy (non-hydrogen) atoms. The summed E-state index contributed by atoms with van der Waals surface area (Å²) in [5.41, 5.74) is 2.51. The van der Waals surface area contributed by atoms with E-state index in [1.165, 1.54) is 12.1 Å². The van der Waals surface area contributed by atoms with E-state index in [1.54, 1.807) is 28.7 Å². The molecule has 0 bridgehead atoms. The van der Waals surface area contributed by atoms with Gasteiger partial charge in [0.25, 0.3) is 0 Å². The Kier molecular flexibility index (Phi) is 6.33. The molecule has 0 saturated heterocycles. The Balaban J connectivity index is 1.45. The van der Waals surface area contributed by atoms with Gasteiger partial charge in [-0.25, -0.2) is 9.48 Å². The fourth-order valence-electron chi connectivity index (χ4n) is 3.27. The number of aliphatic carboxylic acids is 1. The molecule has 0 spiro atoms. The number of carboxylic acids is 1. The number of hydrogen-bond donors (Lipinski definition) is 1. The van der Waals surface area contributed by atoms with Crippen LogP contribution in [0.3, 0.4) is 0 Å². The van der Waals surface area contributed by atoms with E-state index in [0.717, 1.165) is 39.1 Å². The SMILES string of the molecule is Cc1cc(SCc2ccc3cn(-c4ccc(C(F)(F)F)cc4)nc3c2)ccc1OCC(=O)O. The minimum Gasteiger partial charge on any atom is -0.482 e. The van der Waals surface area contributed by atoms with Crippen molar-refractivity contribution in [3.8, 4) is 11.4 Å². The lowest BCUT2D eigenvalue weighted by Gasteiger charge is -2.09. The lowest BCUT2D eigenvalue weighted by atomic mass is 10.2. The number of aromatic nitrogens is 2. The van der Waals surface area contributed by atoms with Crippen molar-refractivity contribution in [3.05, 3.63) is 83.6 Å². The highest BCUT2D eigenvalue weighted by Gasteiger charge is 2.30. The summed E-state index contributed by atoms with van der Waals surface area (Å²) in [4.78, 5) is 11.7. The molecule has 0 aliphatic heterocycles. The molecule has 0 unspecified atom stereocenters. The smallest absolute Gasteiger partial charge is 0.416 e. The first-order chi connectivity index (χ1) is 15.7. The predicted molar refractivity (Wildman–Crippen MR) is 120 cm³/mol. The van der Waals surface area contributed by atoms with E-state index in [2.05, 4.69) is 5.10 Å². The van der Waals surface area contributed by atoms with E-state index in [1.807, 2.05) is 37.3 Å². The van der Waals surface area contributed by atoms with Crippen molar-refractivity contribution < 1.29 is 27.8 Å². The van der Waals surface area contributed by atoms with Gasteiger partial charge < -0.3 is 9.84 Å². The number of rotatable bonds is 7. The van der Waals surface area contributed by atoms with Gasteiger partial charge in [0.15, 0.2) is 6.61 Å². The third-order valence-corrected chi connectivity index (χ3v) is 6.00. The van der Waals surface area contributed by atoms with Crippen molar-refractivity contribution in [2.75, 3.05) is 6.61 Å². The molecule has 0 aliphatic carbocycles. The lowest BCUT2D eigenvalue weighted by molar-refractivity contribution is -0.139. The molecule has 0 radical (unpaired) electrons. The van der Waals surface area contributed by atoms with Gasteiger partial charge in [-0.15, -0.1) is 11.8 Å². The second-order valence-electron chi connectivity index (χ2n) is 7.41. The van der Waals surface area contributed by atoms with Gasteiger partial charge in [0.1, 0.15) is 5.75 Å². The molecule has 1 aromatic heterocycles. The number of ether oxygens (including phenoxy) is 1. The monoisotopic (exact) mass is 472 g/mol. The molecule has 5 nitrogen and oxygen atoms in total. The van der Waals surface area contributed by atoms with Crippen LogP contribution in [0, 0.1) is 6.92 Å². The molecule has 9 heteroatoms. The third kappa shape index (κ3) is 5.48. The van der Waals surface area contributed by atoms with Gasteiger partial charge in [-0.05, 0) is 66.6 Å². The van der Waals surface area contributed by atoms with Gasteiger partial charge in [0.05, 0.1) is 16.8 Å². The number of aryl methyl sites for hydroxylation is 1. The Morgan fingerprint density at radius 1 is 1.09 bits per heavy atom. The van der Waals surface area contributed by atoms with Crippen molar-refractivity contribution >= 4 is 28.6 Å².